The molecule has 0 aromatic carbocycles. The van der Waals surface area contributed by atoms with Crippen molar-refractivity contribution in [3.63, 3.8) is 0 Å². The molecular formula is C15H25N3O. The van der Waals surface area contributed by atoms with Crippen LogP contribution in [0.4, 0.5) is 0 Å². The maximum absolute atomic E-state index is 5.09. The van der Waals surface area contributed by atoms with Gasteiger partial charge in [0.05, 0.1) is 7.11 Å². The van der Waals surface area contributed by atoms with Crippen molar-refractivity contribution in [1.82, 2.24) is 15.2 Å². The summed E-state index contributed by atoms with van der Waals surface area (Å²) in [5.74, 6) is 0.677. The van der Waals surface area contributed by atoms with Gasteiger partial charge in [0.15, 0.2) is 0 Å². The molecule has 0 bridgehead atoms. The standard InChI is InChI=1S/C15H25N3O/c1-15(2,3)13-11-18(8-7-16-13)10-12-5-6-14(19-4)17-9-12/h5-6,9,13,16H,7-8,10-11H2,1-4H3. The van der Waals surface area contributed by atoms with Crippen LogP contribution >= 0.6 is 0 Å². The normalized spacial score (nSPS) is 21.4. The second kappa shape index (κ2) is 5.88. The van der Waals surface area contributed by atoms with E-state index in [1.165, 1.54) is 5.56 Å². The lowest BCUT2D eigenvalue weighted by Gasteiger charge is -2.40. The summed E-state index contributed by atoms with van der Waals surface area (Å²) in [6.07, 6.45) is 1.91. The lowest BCUT2D eigenvalue weighted by Crippen LogP contribution is -2.55. The van der Waals surface area contributed by atoms with Gasteiger partial charge in [-0.15, -0.1) is 0 Å². The van der Waals surface area contributed by atoms with Gasteiger partial charge in [0.2, 0.25) is 5.88 Å². The number of nitrogens with one attached hydrogen (secondary N) is 1. The van der Waals surface area contributed by atoms with E-state index in [1.807, 2.05) is 12.3 Å². The molecule has 1 atom stereocenters. The molecule has 1 aliphatic heterocycles. The van der Waals surface area contributed by atoms with E-state index >= 15 is 0 Å². The Kier molecular flexibility index (Phi) is 4.42. The van der Waals surface area contributed by atoms with Gasteiger partial charge in [-0.1, -0.05) is 26.8 Å². The summed E-state index contributed by atoms with van der Waals surface area (Å²) in [5.41, 5.74) is 1.55. The lowest BCUT2D eigenvalue weighted by atomic mass is 9.85. The summed E-state index contributed by atoms with van der Waals surface area (Å²) >= 11 is 0. The maximum atomic E-state index is 5.09. The van der Waals surface area contributed by atoms with Crippen LogP contribution in [0.3, 0.4) is 0 Å². The Labute approximate surface area is 116 Å². The average molecular weight is 263 g/mol. The van der Waals surface area contributed by atoms with Gasteiger partial charge < -0.3 is 10.1 Å². The van der Waals surface area contributed by atoms with E-state index in [0.717, 1.165) is 26.2 Å². The lowest BCUT2D eigenvalue weighted by molar-refractivity contribution is 0.129. The number of nitrogens with zero attached hydrogens (tertiary/aromatic N) is 2. The van der Waals surface area contributed by atoms with Crippen LogP contribution in [0.15, 0.2) is 18.3 Å². The zero-order valence-electron chi connectivity index (χ0n) is 12.4. The molecule has 1 fully saturated rings. The minimum atomic E-state index is 0.302. The van der Waals surface area contributed by atoms with Crippen LogP contribution in [-0.4, -0.2) is 42.7 Å². The Bertz CT molecular complexity index is 397. The van der Waals surface area contributed by atoms with Gasteiger partial charge in [-0.2, -0.15) is 0 Å². The third-order valence-corrected chi connectivity index (χ3v) is 3.72. The molecule has 0 radical (unpaired) electrons. The average Bonchev–Trinajstić information content (AvgIpc) is 2.39. The van der Waals surface area contributed by atoms with Gasteiger partial charge in [-0.25, -0.2) is 4.98 Å². The molecule has 0 spiro atoms. The number of pyridine rings is 1. The first kappa shape index (κ1) is 14.3. The molecule has 2 heterocycles. The molecule has 0 saturated carbocycles. The van der Waals surface area contributed by atoms with E-state index in [9.17, 15) is 0 Å². The molecule has 0 aliphatic carbocycles. The van der Waals surface area contributed by atoms with Crippen molar-refractivity contribution in [1.29, 1.82) is 0 Å². The van der Waals surface area contributed by atoms with Gasteiger partial charge in [0.25, 0.3) is 0 Å². The third-order valence-electron chi connectivity index (χ3n) is 3.72. The number of piperazine rings is 1. The molecule has 1 aliphatic rings. The van der Waals surface area contributed by atoms with Crippen molar-refractivity contribution < 1.29 is 4.74 Å². The second-order valence-electron chi connectivity index (χ2n) is 6.32. The topological polar surface area (TPSA) is 37.4 Å². The Morgan fingerprint density at radius 1 is 1.42 bits per heavy atom. The Morgan fingerprint density at radius 2 is 2.21 bits per heavy atom. The van der Waals surface area contributed by atoms with Crippen molar-refractivity contribution >= 4 is 0 Å². The minimum absolute atomic E-state index is 0.302. The smallest absolute Gasteiger partial charge is 0.212 e. The molecule has 106 valence electrons. The van der Waals surface area contributed by atoms with Crippen LogP contribution in [0.5, 0.6) is 5.88 Å². The molecule has 4 nitrogen and oxygen atoms in total. The Morgan fingerprint density at radius 3 is 2.79 bits per heavy atom. The quantitative estimate of drug-likeness (QED) is 0.904. The predicted octanol–water partition coefficient (Wildman–Crippen LogP) is 1.91. The summed E-state index contributed by atoms with van der Waals surface area (Å²) in [4.78, 5) is 6.76. The molecule has 0 amide bonds. The highest BCUT2D eigenvalue weighted by Crippen LogP contribution is 2.22. The van der Waals surface area contributed by atoms with Crippen molar-refractivity contribution in [3.8, 4) is 5.88 Å². The van der Waals surface area contributed by atoms with Crippen molar-refractivity contribution in [2.24, 2.45) is 5.41 Å². The maximum Gasteiger partial charge on any atom is 0.212 e. The summed E-state index contributed by atoms with van der Waals surface area (Å²) in [6, 6.07) is 4.58. The van der Waals surface area contributed by atoms with E-state index < -0.39 is 0 Å². The summed E-state index contributed by atoms with van der Waals surface area (Å²) in [5, 5.41) is 3.62. The van der Waals surface area contributed by atoms with Crippen molar-refractivity contribution in [3.05, 3.63) is 23.9 Å². The second-order valence-corrected chi connectivity index (χ2v) is 6.32. The van der Waals surface area contributed by atoms with Gasteiger partial charge in [0.1, 0.15) is 0 Å². The van der Waals surface area contributed by atoms with Gasteiger partial charge in [-0.05, 0) is 11.0 Å². The molecule has 1 aromatic rings. The van der Waals surface area contributed by atoms with E-state index in [-0.39, 0.29) is 0 Å². The summed E-state index contributed by atoms with van der Waals surface area (Å²) < 4.78 is 5.09. The largest absolute Gasteiger partial charge is 0.481 e. The SMILES string of the molecule is COc1ccc(CN2CCNC(C(C)(C)C)C2)cn1. The van der Waals surface area contributed by atoms with Gasteiger partial charge in [0, 0.05) is 44.5 Å². The molecular weight excluding hydrogens is 238 g/mol. The first-order valence-corrected chi connectivity index (χ1v) is 6.93. The van der Waals surface area contributed by atoms with Crippen molar-refractivity contribution in [2.75, 3.05) is 26.7 Å². The van der Waals surface area contributed by atoms with Crippen LogP contribution < -0.4 is 10.1 Å². The minimum Gasteiger partial charge on any atom is -0.481 e. The fourth-order valence-electron chi connectivity index (χ4n) is 2.42. The molecule has 19 heavy (non-hydrogen) atoms. The number of rotatable bonds is 3. The molecule has 2 rings (SSSR count). The van der Waals surface area contributed by atoms with Gasteiger partial charge >= 0.3 is 0 Å². The van der Waals surface area contributed by atoms with Crippen LogP contribution in [0.2, 0.25) is 0 Å². The fourth-order valence-corrected chi connectivity index (χ4v) is 2.42. The number of aromatic nitrogens is 1. The van der Waals surface area contributed by atoms with Crippen LogP contribution in [0.1, 0.15) is 26.3 Å². The predicted molar refractivity (Wildman–Crippen MR) is 77.3 cm³/mol. The third kappa shape index (κ3) is 3.91. The number of ether oxygens (including phenoxy) is 1. The van der Waals surface area contributed by atoms with E-state index in [2.05, 4.69) is 42.0 Å². The highest BCUT2D eigenvalue weighted by molar-refractivity contribution is 5.17. The van der Waals surface area contributed by atoms with Crippen LogP contribution in [-0.2, 0) is 6.54 Å². The molecule has 1 N–H and O–H groups in total. The van der Waals surface area contributed by atoms with Crippen LogP contribution in [0.25, 0.3) is 0 Å². The van der Waals surface area contributed by atoms with Gasteiger partial charge in [-0.3, -0.25) is 4.90 Å². The number of hydrogen-bond acceptors (Lipinski definition) is 4. The summed E-state index contributed by atoms with van der Waals surface area (Å²) in [6.45, 7) is 11.1. The molecule has 1 saturated heterocycles. The first-order valence-electron chi connectivity index (χ1n) is 6.93. The molecule has 1 aromatic heterocycles. The van der Waals surface area contributed by atoms with Crippen LogP contribution in [0, 0.1) is 5.41 Å². The molecule has 1 unspecified atom stereocenters. The Hall–Kier alpha value is -1.13. The van der Waals surface area contributed by atoms with Crippen molar-refractivity contribution in [2.45, 2.75) is 33.4 Å². The monoisotopic (exact) mass is 263 g/mol. The van der Waals surface area contributed by atoms with E-state index in [4.69, 9.17) is 4.74 Å². The highest BCUT2D eigenvalue weighted by atomic mass is 16.5. The Balaban J connectivity index is 1.94. The zero-order chi connectivity index (χ0) is 13.9. The highest BCUT2D eigenvalue weighted by Gasteiger charge is 2.29. The fraction of sp³-hybridized carbons (Fsp3) is 0.667. The van der Waals surface area contributed by atoms with E-state index in [0.29, 0.717) is 17.3 Å². The number of methoxy groups -OCH3 is 1. The van der Waals surface area contributed by atoms with E-state index in [1.54, 1.807) is 7.11 Å². The number of hydrogen-bond donors (Lipinski definition) is 1. The molecule has 4 heteroatoms. The summed E-state index contributed by atoms with van der Waals surface area (Å²) in [7, 11) is 1.65. The zero-order valence-corrected chi connectivity index (χ0v) is 12.4. The first-order chi connectivity index (χ1) is 8.99.